The molecule has 2 rings (SSSR count). The lowest BCUT2D eigenvalue weighted by molar-refractivity contribution is 0.156. The van der Waals surface area contributed by atoms with Crippen LogP contribution in [0.5, 0.6) is 0 Å². The molecule has 0 saturated carbocycles. The van der Waals surface area contributed by atoms with Crippen molar-refractivity contribution in [3.8, 4) is 6.07 Å². The van der Waals surface area contributed by atoms with Crippen LogP contribution in [-0.4, -0.2) is 33.3 Å². The lowest BCUT2D eigenvalue weighted by Gasteiger charge is -2.37. The number of hydrogen-bond donors (Lipinski definition) is 1. The summed E-state index contributed by atoms with van der Waals surface area (Å²) in [7, 11) is 0. The van der Waals surface area contributed by atoms with Gasteiger partial charge >= 0.3 is 0 Å². The topological polar surface area (TPSA) is 62.1 Å². The maximum atomic E-state index is 12.6. The van der Waals surface area contributed by atoms with E-state index in [9.17, 15) is 4.55 Å². The zero-order chi connectivity index (χ0) is 19.7. The number of allylic oxidation sites excluding steroid dienone is 2. The largest absolute Gasteiger partial charge is 0.598 e. The number of nitriles is 1. The van der Waals surface area contributed by atoms with Crippen molar-refractivity contribution in [2.45, 2.75) is 63.8 Å². The second-order valence-electron chi connectivity index (χ2n) is 8.31. The molecule has 0 bridgehead atoms. The molecule has 0 spiro atoms. The third-order valence-electron chi connectivity index (χ3n) is 5.10. The minimum atomic E-state index is -1.07. The summed E-state index contributed by atoms with van der Waals surface area (Å²) in [6.45, 7) is 9.17. The van der Waals surface area contributed by atoms with Gasteiger partial charge in [0.15, 0.2) is 0 Å². The summed E-state index contributed by atoms with van der Waals surface area (Å²) in [6, 6.07) is 12.9. The van der Waals surface area contributed by atoms with E-state index in [1.54, 1.807) is 6.08 Å². The van der Waals surface area contributed by atoms with Crippen molar-refractivity contribution >= 4 is 11.4 Å². The average Bonchev–Trinajstić information content (AvgIpc) is 2.65. The van der Waals surface area contributed by atoms with Gasteiger partial charge in [0, 0.05) is 24.0 Å². The summed E-state index contributed by atoms with van der Waals surface area (Å²) >= 11 is -1.07. The maximum absolute atomic E-state index is 12.6. The third kappa shape index (κ3) is 7.67. The van der Waals surface area contributed by atoms with Crippen LogP contribution >= 0.6 is 0 Å². The molecular weight excluding hydrogens is 354 g/mol. The number of likely N-dealkylation sites (tertiary alicyclic amines) is 1. The zero-order valence-corrected chi connectivity index (χ0v) is 17.7. The van der Waals surface area contributed by atoms with E-state index in [1.807, 2.05) is 32.9 Å². The Morgan fingerprint density at radius 3 is 2.56 bits per heavy atom. The van der Waals surface area contributed by atoms with Crippen LogP contribution < -0.4 is 4.72 Å². The first-order chi connectivity index (χ1) is 12.9. The Morgan fingerprint density at radius 2 is 1.96 bits per heavy atom. The highest BCUT2D eigenvalue weighted by Crippen LogP contribution is 2.26. The predicted octanol–water partition coefficient (Wildman–Crippen LogP) is 4.18. The molecule has 1 N–H and O–H groups in total. The van der Waals surface area contributed by atoms with Gasteiger partial charge in [-0.3, -0.25) is 4.90 Å². The van der Waals surface area contributed by atoms with Crippen molar-refractivity contribution in [1.82, 2.24) is 9.62 Å². The number of hydrogen-bond acceptors (Lipinski definition) is 4. The fourth-order valence-corrected chi connectivity index (χ4v) is 4.41. The van der Waals surface area contributed by atoms with E-state index in [0.717, 1.165) is 45.3 Å². The lowest BCUT2D eigenvalue weighted by atomic mass is 9.87. The Labute approximate surface area is 168 Å². The van der Waals surface area contributed by atoms with Crippen molar-refractivity contribution in [2.75, 3.05) is 13.1 Å². The summed E-state index contributed by atoms with van der Waals surface area (Å²) in [4.78, 5) is 2.51. The molecule has 148 valence electrons. The van der Waals surface area contributed by atoms with E-state index in [-0.39, 0.29) is 10.8 Å². The van der Waals surface area contributed by atoms with Crippen LogP contribution in [-0.2, 0) is 17.9 Å². The molecule has 1 aliphatic heterocycles. The van der Waals surface area contributed by atoms with Crippen LogP contribution in [0.25, 0.3) is 0 Å². The van der Waals surface area contributed by atoms with Crippen LogP contribution in [0.3, 0.4) is 0 Å². The first kappa shape index (κ1) is 22.0. The summed E-state index contributed by atoms with van der Waals surface area (Å²) in [6.07, 6.45) is 7.46. The Hall–Kier alpha value is -1.32. The van der Waals surface area contributed by atoms with Crippen LogP contribution in [0.2, 0.25) is 0 Å². The summed E-state index contributed by atoms with van der Waals surface area (Å²) in [5, 5.41) is 8.68. The Bertz CT molecular complexity index is 613. The molecule has 1 aromatic carbocycles. The maximum Gasteiger partial charge on any atom is 0.136 e. The van der Waals surface area contributed by atoms with Gasteiger partial charge in [0.25, 0.3) is 0 Å². The molecule has 1 fully saturated rings. The Kier molecular flexibility index (Phi) is 8.85. The van der Waals surface area contributed by atoms with Gasteiger partial charge in [0.05, 0.1) is 12.1 Å². The zero-order valence-electron chi connectivity index (χ0n) is 16.9. The van der Waals surface area contributed by atoms with Crippen molar-refractivity contribution < 1.29 is 4.55 Å². The van der Waals surface area contributed by atoms with E-state index in [0.29, 0.717) is 5.92 Å². The van der Waals surface area contributed by atoms with Crippen molar-refractivity contribution in [3.05, 3.63) is 48.0 Å². The molecule has 0 aliphatic carbocycles. The number of rotatable bonds is 8. The third-order valence-corrected chi connectivity index (χ3v) is 6.73. The fourth-order valence-electron chi connectivity index (χ4n) is 3.47. The van der Waals surface area contributed by atoms with Gasteiger partial charge in [-0.1, -0.05) is 36.4 Å². The summed E-state index contributed by atoms with van der Waals surface area (Å²) < 4.78 is 15.8. The van der Waals surface area contributed by atoms with E-state index >= 15 is 0 Å². The van der Waals surface area contributed by atoms with Crippen molar-refractivity contribution in [1.29, 1.82) is 5.26 Å². The Morgan fingerprint density at radius 1 is 1.30 bits per heavy atom. The van der Waals surface area contributed by atoms with Gasteiger partial charge in [-0.05, 0) is 71.0 Å². The molecule has 0 aromatic heterocycles. The standard InChI is InChI=1S/C22H33N3OS/c1-22(2,3)27(26)24-21(12-8-5-9-15-23)20-13-16-25(17-14-20)18-19-10-6-4-7-11-19/h4-7,9-11,20-21,24H,8,12-14,16-18H2,1-3H3/t21-,27-/m1/s1. The predicted molar refractivity (Wildman–Crippen MR) is 113 cm³/mol. The van der Waals surface area contributed by atoms with Gasteiger partial charge in [0.2, 0.25) is 0 Å². The second-order valence-corrected chi connectivity index (χ2v) is 10.3. The first-order valence-corrected chi connectivity index (χ1v) is 11.0. The molecule has 2 atom stereocenters. The van der Waals surface area contributed by atoms with Crippen LogP contribution in [0.4, 0.5) is 0 Å². The van der Waals surface area contributed by atoms with Crippen molar-refractivity contribution in [2.24, 2.45) is 5.92 Å². The highest BCUT2D eigenvalue weighted by Gasteiger charge is 2.33. The number of nitrogens with zero attached hydrogens (tertiary/aromatic N) is 2. The molecule has 0 unspecified atom stereocenters. The van der Waals surface area contributed by atoms with Gasteiger partial charge < -0.3 is 4.55 Å². The van der Waals surface area contributed by atoms with Gasteiger partial charge in [0.1, 0.15) is 4.75 Å². The SMILES string of the molecule is CC(C)(C)[S@@+]([O-])N[C@H](CCC=CC#N)C1CCN(Cc2ccccc2)CC1. The van der Waals surface area contributed by atoms with Gasteiger partial charge in [-0.2, -0.15) is 5.26 Å². The minimum Gasteiger partial charge on any atom is -0.598 e. The van der Waals surface area contributed by atoms with Gasteiger partial charge in [-0.15, -0.1) is 4.72 Å². The molecule has 1 aliphatic rings. The monoisotopic (exact) mass is 387 g/mol. The molecule has 1 aromatic rings. The van der Waals surface area contributed by atoms with E-state index in [4.69, 9.17) is 5.26 Å². The van der Waals surface area contributed by atoms with Crippen LogP contribution in [0, 0.1) is 17.2 Å². The molecule has 0 radical (unpaired) electrons. The molecule has 4 nitrogen and oxygen atoms in total. The molecule has 0 amide bonds. The molecule has 27 heavy (non-hydrogen) atoms. The van der Waals surface area contributed by atoms with Crippen LogP contribution in [0.1, 0.15) is 52.0 Å². The normalized spacial score (nSPS) is 19.1. The molecule has 5 heteroatoms. The fraction of sp³-hybridized carbons (Fsp3) is 0.591. The van der Waals surface area contributed by atoms with E-state index < -0.39 is 11.4 Å². The molecule has 1 saturated heterocycles. The minimum absolute atomic E-state index is 0.229. The van der Waals surface area contributed by atoms with Crippen LogP contribution in [0.15, 0.2) is 42.5 Å². The molecular formula is C22H33N3OS. The molecule has 1 heterocycles. The summed E-state index contributed by atoms with van der Waals surface area (Å²) in [5.41, 5.74) is 1.36. The Balaban J connectivity index is 1.91. The number of benzene rings is 1. The van der Waals surface area contributed by atoms with E-state index in [2.05, 4.69) is 40.0 Å². The van der Waals surface area contributed by atoms with E-state index in [1.165, 1.54) is 5.56 Å². The number of nitrogens with one attached hydrogen (secondary N) is 1. The van der Waals surface area contributed by atoms with Gasteiger partial charge in [-0.25, -0.2) is 0 Å². The smallest absolute Gasteiger partial charge is 0.136 e. The second kappa shape index (κ2) is 10.9. The quantitative estimate of drug-likeness (QED) is 0.537. The summed E-state index contributed by atoms with van der Waals surface area (Å²) in [5.74, 6) is 0.527. The van der Waals surface area contributed by atoms with Crippen molar-refractivity contribution in [3.63, 3.8) is 0 Å². The first-order valence-electron chi connectivity index (χ1n) is 9.89. The highest BCUT2D eigenvalue weighted by molar-refractivity contribution is 7.90. The average molecular weight is 388 g/mol. The lowest BCUT2D eigenvalue weighted by Crippen LogP contribution is -2.49. The number of piperidine rings is 1. The highest BCUT2D eigenvalue weighted by atomic mass is 32.2.